The lowest BCUT2D eigenvalue weighted by Crippen LogP contribution is -2.60. The van der Waals surface area contributed by atoms with Gasteiger partial charge in [0.15, 0.2) is 0 Å². The summed E-state index contributed by atoms with van der Waals surface area (Å²) in [5.74, 6) is -2.87. The first-order valence-corrected chi connectivity index (χ1v) is 14.9. The van der Waals surface area contributed by atoms with Crippen LogP contribution in [-0.2, 0) is 23.9 Å². The Bertz CT molecular complexity index is 1200. The third-order valence-corrected chi connectivity index (χ3v) is 9.58. The van der Waals surface area contributed by atoms with Crippen LogP contribution in [0.1, 0.15) is 64.0 Å². The van der Waals surface area contributed by atoms with Crippen LogP contribution in [0.5, 0.6) is 0 Å². The van der Waals surface area contributed by atoms with Crippen molar-refractivity contribution in [3.63, 3.8) is 0 Å². The summed E-state index contributed by atoms with van der Waals surface area (Å²) < 4.78 is 12.4. The topological polar surface area (TPSA) is 96.4 Å². The number of likely N-dealkylation sites (tertiary alicyclic amines) is 1. The number of hydrogen-bond donors (Lipinski definition) is 1. The van der Waals surface area contributed by atoms with Gasteiger partial charge in [-0.05, 0) is 69.6 Å². The number of unbranched alkanes of at least 4 members (excludes halogenated alkanes) is 1. The van der Waals surface area contributed by atoms with Crippen molar-refractivity contribution in [1.82, 2.24) is 4.90 Å². The molecule has 224 valence electrons. The molecule has 2 bridgehead atoms. The Balaban J connectivity index is 1.83. The Morgan fingerprint density at radius 1 is 1.27 bits per heavy atom. The van der Waals surface area contributed by atoms with Gasteiger partial charge in [-0.2, -0.15) is 0 Å². The van der Waals surface area contributed by atoms with Crippen LogP contribution in [0.25, 0.3) is 0 Å². The van der Waals surface area contributed by atoms with Gasteiger partial charge in [0, 0.05) is 12.2 Å². The van der Waals surface area contributed by atoms with E-state index >= 15 is 0 Å². The minimum absolute atomic E-state index is 0.0832. The molecule has 1 N–H and O–H groups in total. The van der Waals surface area contributed by atoms with Gasteiger partial charge < -0.3 is 24.4 Å². The van der Waals surface area contributed by atoms with Crippen molar-refractivity contribution >= 4 is 23.5 Å². The number of hydrogen-bond acceptors (Lipinski definition) is 6. The zero-order chi connectivity index (χ0) is 30.1. The smallest absolute Gasteiger partial charge is 0.312 e. The molecule has 3 saturated heterocycles. The molecule has 41 heavy (non-hydrogen) atoms. The molecule has 1 spiro atoms. The summed E-state index contributed by atoms with van der Waals surface area (Å²) in [5, 5.41) is 10.6. The normalized spacial score (nSPS) is 29.7. The molecule has 8 nitrogen and oxygen atoms in total. The Labute approximate surface area is 244 Å². The SMILES string of the molecule is C=CCCCOC(=O)[C@H]1[C@H]2C(=O)N([C@@H](CO)[C@@H](C)CC)C(C(=O)N(CC=C)c3cc(C)ccc3C)C23CC[C@]1(C)O3. The number of aliphatic hydroxyl groups excluding tert-OH is 1. The van der Waals surface area contributed by atoms with Crippen LogP contribution in [-0.4, -0.2) is 70.8 Å². The predicted octanol–water partition coefficient (Wildman–Crippen LogP) is 4.50. The highest BCUT2D eigenvalue weighted by Gasteiger charge is 2.79. The fraction of sp³-hybridized carbons (Fsp3) is 0.606. The Morgan fingerprint density at radius 3 is 2.63 bits per heavy atom. The maximum atomic E-state index is 14.8. The number of rotatable bonds is 13. The van der Waals surface area contributed by atoms with Gasteiger partial charge >= 0.3 is 5.97 Å². The fourth-order valence-corrected chi connectivity index (χ4v) is 7.26. The molecule has 0 radical (unpaired) electrons. The van der Waals surface area contributed by atoms with Crippen molar-refractivity contribution in [2.45, 2.75) is 90.0 Å². The van der Waals surface area contributed by atoms with Gasteiger partial charge in [0.25, 0.3) is 5.91 Å². The highest BCUT2D eigenvalue weighted by atomic mass is 16.6. The summed E-state index contributed by atoms with van der Waals surface area (Å²) in [6.07, 6.45) is 6.49. The number of allylic oxidation sites excluding steroid dienone is 1. The maximum absolute atomic E-state index is 14.8. The zero-order valence-corrected chi connectivity index (χ0v) is 25.2. The molecule has 4 rings (SSSR count). The molecule has 3 aliphatic rings. The summed E-state index contributed by atoms with van der Waals surface area (Å²) in [7, 11) is 0. The molecule has 3 aliphatic heterocycles. The van der Waals surface area contributed by atoms with E-state index in [1.165, 1.54) is 0 Å². The van der Waals surface area contributed by atoms with Crippen LogP contribution in [0.2, 0.25) is 0 Å². The van der Waals surface area contributed by atoms with E-state index < -0.39 is 41.1 Å². The van der Waals surface area contributed by atoms with E-state index in [4.69, 9.17) is 9.47 Å². The average molecular weight is 567 g/mol. The van der Waals surface area contributed by atoms with Crippen molar-refractivity contribution in [2.24, 2.45) is 17.8 Å². The van der Waals surface area contributed by atoms with Crippen molar-refractivity contribution in [3.05, 3.63) is 54.6 Å². The monoisotopic (exact) mass is 566 g/mol. The van der Waals surface area contributed by atoms with Crippen LogP contribution in [0.4, 0.5) is 5.69 Å². The second kappa shape index (κ2) is 12.1. The van der Waals surface area contributed by atoms with E-state index in [1.807, 2.05) is 52.8 Å². The molecule has 8 heteroatoms. The largest absolute Gasteiger partial charge is 0.465 e. The van der Waals surface area contributed by atoms with E-state index in [1.54, 1.807) is 22.0 Å². The summed E-state index contributed by atoms with van der Waals surface area (Å²) in [6, 6.07) is 4.31. The van der Waals surface area contributed by atoms with E-state index in [-0.39, 0.29) is 37.5 Å². The van der Waals surface area contributed by atoms with Crippen LogP contribution in [0, 0.1) is 31.6 Å². The molecule has 3 heterocycles. The second-order valence-corrected chi connectivity index (χ2v) is 12.2. The summed E-state index contributed by atoms with van der Waals surface area (Å²) in [5.41, 5.74) is 0.532. The minimum Gasteiger partial charge on any atom is -0.465 e. The molecule has 2 amide bonds. The number of amides is 2. The summed E-state index contributed by atoms with van der Waals surface area (Å²) in [4.78, 5) is 46.1. The number of esters is 1. The predicted molar refractivity (Wildman–Crippen MR) is 158 cm³/mol. The van der Waals surface area contributed by atoms with Gasteiger partial charge in [-0.3, -0.25) is 14.4 Å². The number of fused-ring (bicyclic) bond motifs is 1. The van der Waals surface area contributed by atoms with E-state index in [2.05, 4.69) is 13.2 Å². The van der Waals surface area contributed by atoms with E-state index in [0.29, 0.717) is 32.1 Å². The number of carbonyl (C=O) groups excluding carboxylic acids is 3. The molecule has 3 fully saturated rings. The molecule has 0 aromatic heterocycles. The third-order valence-electron chi connectivity index (χ3n) is 9.58. The van der Waals surface area contributed by atoms with Gasteiger partial charge in [-0.25, -0.2) is 0 Å². The van der Waals surface area contributed by atoms with Crippen molar-refractivity contribution in [2.75, 3.05) is 24.7 Å². The van der Waals surface area contributed by atoms with Gasteiger partial charge in [0.1, 0.15) is 17.6 Å². The van der Waals surface area contributed by atoms with Gasteiger partial charge in [-0.15, -0.1) is 13.2 Å². The van der Waals surface area contributed by atoms with Gasteiger partial charge in [-0.1, -0.05) is 44.6 Å². The molecule has 1 aromatic carbocycles. The molecular weight excluding hydrogens is 520 g/mol. The lowest BCUT2D eigenvalue weighted by Gasteiger charge is -2.41. The Morgan fingerprint density at radius 2 is 2.00 bits per heavy atom. The maximum Gasteiger partial charge on any atom is 0.312 e. The van der Waals surface area contributed by atoms with E-state index in [9.17, 15) is 19.5 Å². The van der Waals surface area contributed by atoms with Gasteiger partial charge in [0.05, 0.1) is 30.8 Å². The van der Waals surface area contributed by atoms with Crippen molar-refractivity contribution < 1.29 is 29.0 Å². The summed E-state index contributed by atoms with van der Waals surface area (Å²) in [6.45, 7) is 17.5. The van der Waals surface area contributed by atoms with Gasteiger partial charge in [0.2, 0.25) is 5.91 Å². The number of nitrogens with zero attached hydrogens (tertiary/aromatic N) is 2. The first-order valence-electron chi connectivity index (χ1n) is 14.9. The van der Waals surface area contributed by atoms with Crippen molar-refractivity contribution in [1.29, 1.82) is 0 Å². The number of anilines is 1. The number of aryl methyl sites for hydroxylation is 2. The van der Waals surface area contributed by atoms with Crippen LogP contribution in [0.15, 0.2) is 43.5 Å². The number of benzene rings is 1. The van der Waals surface area contributed by atoms with Crippen LogP contribution < -0.4 is 4.90 Å². The lowest BCUT2D eigenvalue weighted by atomic mass is 9.66. The molecule has 0 aliphatic carbocycles. The first kappa shape index (κ1) is 31.0. The van der Waals surface area contributed by atoms with Crippen LogP contribution in [0.3, 0.4) is 0 Å². The zero-order valence-electron chi connectivity index (χ0n) is 25.2. The van der Waals surface area contributed by atoms with Crippen LogP contribution >= 0.6 is 0 Å². The highest BCUT2D eigenvalue weighted by Crippen LogP contribution is 2.64. The Kier molecular flexibility index (Phi) is 9.14. The van der Waals surface area contributed by atoms with Crippen molar-refractivity contribution in [3.8, 4) is 0 Å². The third kappa shape index (κ3) is 5.14. The number of aliphatic hydroxyl groups is 1. The minimum atomic E-state index is -1.20. The molecule has 0 saturated carbocycles. The average Bonchev–Trinajstić information content (AvgIpc) is 3.52. The number of ether oxygens (including phenoxy) is 2. The first-order chi connectivity index (χ1) is 19.5. The Hall–Kier alpha value is -2.97. The molecule has 2 unspecified atom stereocenters. The summed E-state index contributed by atoms with van der Waals surface area (Å²) >= 11 is 0. The quantitative estimate of drug-likeness (QED) is 0.215. The highest BCUT2D eigenvalue weighted by molar-refractivity contribution is 6.05. The van der Waals surface area contributed by atoms with E-state index in [0.717, 1.165) is 16.8 Å². The number of carbonyl (C=O) groups is 3. The lowest BCUT2D eigenvalue weighted by molar-refractivity contribution is -0.161. The second-order valence-electron chi connectivity index (χ2n) is 12.2. The molecule has 7 atom stereocenters. The standard InChI is InChI=1S/C33H46N2O6/c1-8-11-12-18-40-31(39)27-26-29(37)35(25(20-36)22(5)10-3)28(33(26)16-15-32(27,7)41-33)30(38)34(17-9-2)24-19-21(4)13-14-23(24)6/h8-9,13-14,19,22,25-28,36H,1-2,10-12,15-18,20H2,3-7H3/t22-,25-,26-,27+,28?,32-,33?/m0/s1. The molecule has 1 aromatic rings. The molecular formula is C33H46N2O6. The fourth-order valence-electron chi connectivity index (χ4n) is 7.26.